The van der Waals surface area contributed by atoms with Gasteiger partial charge >= 0.3 is 0 Å². The molecular weight excluding hydrogens is 324 g/mol. The van der Waals surface area contributed by atoms with Crippen molar-refractivity contribution in [3.05, 3.63) is 58.1 Å². The second-order valence-electron chi connectivity index (χ2n) is 5.42. The molecule has 0 unspecified atom stereocenters. The number of aromatic amines is 1. The average Bonchev–Trinajstić information content (AvgIpc) is 2.61. The number of fused-ring (bicyclic) bond motifs is 1. The van der Waals surface area contributed by atoms with Gasteiger partial charge in [-0.1, -0.05) is 30.3 Å². The molecule has 0 fully saturated rings. The van der Waals surface area contributed by atoms with E-state index in [4.69, 9.17) is 5.73 Å². The number of aromatic nitrogens is 4. The van der Waals surface area contributed by atoms with Gasteiger partial charge in [-0.05, 0) is 12.0 Å². The van der Waals surface area contributed by atoms with E-state index in [2.05, 4.69) is 25.3 Å². The van der Waals surface area contributed by atoms with E-state index >= 15 is 0 Å². The molecular formula is C16H16N6O3. The Morgan fingerprint density at radius 3 is 2.76 bits per heavy atom. The predicted octanol–water partition coefficient (Wildman–Crippen LogP) is -0.371. The molecule has 0 bridgehead atoms. The van der Waals surface area contributed by atoms with Crippen LogP contribution in [0.2, 0.25) is 0 Å². The molecule has 0 spiro atoms. The van der Waals surface area contributed by atoms with Gasteiger partial charge in [0.2, 0.25) is 5.95 Å². The number of aliphatic hydroxyl groups is 1. The summed E-state index contributed by atoms with van der Waals surface area (Å²) >= 11 is 0. The summed E-state index contributed by atoms with van der Waals surface area (Å²) in [6, 6.07) is 8.99. The third-order valence-electron chi connectivity index (χ3n) is 3.55. The van der Waals surface area contributed by atoms with E-state index in [1.165, 1.54) is 6.20 Å². The molecule has 1 amide bonds. The first-order valence-corrected chi connectivity index (χ1v) is 7.55. The summed E-state index contributed by atoms with van der Waals surface area (Å²) in [5, 5.41) is 12.2. The monoisotopic (exact) mass is 340 g/mol. The first-order chi connectivity index (χ1) is 12.1. The molecule has 9 heteroatoms. The van der Waals surface area contributed by atoms with Crippen molar-refractivity contribution in [2.75, 3.05) is 12.3 Å². The van der Waals surface area contributed by atoms with Crippen molar-refractivity contribution in [2.24, 2.45) is 0 Å². The maximum Gasteiger partial charge on any atom is 0.280 e. The maximum atomic E-state index is 12.3. The lowest BCUT2D eigenvalue weighted by Gasteiger charge is -2.16. The van der Waals surface area contributed by atoms with Gasteiger partial charge in [-0.15, -0.1) is 0 Å². The Hall–Kier alpha value is -3.33. The molecule has 9 nitrogen and oxygen atoms in total. The van der Waals surface area contributed by atoms with Gasteiger partial charge in [0.1, 0.15) is 5.69 Å². The fourth-order valence-electron chi connectivity index (χ4n) is 2.36. The number of nitrogen functional groups attached to an aromatic ring is 1. The van der Waals surface area contributed by atoms with E-state index in [-0.39, 0.29) is 29.4 Å². The van der Waals surface area contributed by atoms with Gasteiger partial charge < -0.3 is 16.2 Å². The third-order valence-corrected chi connectivity index (χ3v) is 3.55. The SMILES string of the molecule is Nc1nc2nc(C(=O)N[C@H](CO)Cc3ccccc3)cnc2c(=O)[nH]1. The number of nitrogens with one attached hydrogen (secondary N) is 2. The molecule has 25 heavy (non-hydrogen) atoms. The molecule has 1 aromatic carbocycles. The molecule has 2 aromatic heterocycles. The fourth-order valence-corrected chi connectivity index (χ4v) is 2.36. The van der Waals surface area contributed by atoms with E-state index < -0.39 is 17.5 Å². The van der Waals surface area contributed by atoms with Crippen LogP contribution in [0.1, 0.15) is 16.1 Å². The molecule has 3 rings (SSSR count). The van der Waals surface area contributed by atoms with Crippen molar-refractivity contribution in [3.8, 4) is 0 Å². The summed E-state index contributed by atoms with van der Waals surface area (Å²) < 4.78 is 0. The zero-order valence-electron chi connectivity index (χ0n) is 13.1. The molecule has 128 valence electrons. The molecule has 3 aromatic rings. The van der Waals surface area contributed by atoms with Crippen LogP contribution in [0.15, 0.2) is 41.3 Å². The van der Waals surface area contributed by atoms with Gasteiger partial charge in [-0.3, -0.25) is 14.6 Å². The van der Waals surface area contributed by atoms with Crippen LogP contribution in [0.25, 0.3) is 11.2 Å². The van der Waals surface area contributed by atoms with Gasteiger partial charge in [-0.2, -0.15) is 4.98 Å². The normalized spacial score (nSPS) is 12.0. The standard InChI is InChI=1S/C16H16N6O3/c17-16-21-13-12(15(25)22-16)18-7-11(20-13)14(24)19-10(8-23)6-9-4-2-1-3-5-9/h1-5,7,10,23H,6,8H2,(H,19,24)(H3,17,20,21,22,25)/t10-/m0/s1. The van der Waals surface area contributed by atoms with E-state index in [9.17, 15) is 14.7 Å². The van der Waals surface area contributed by atoms with Crippen LogP contribution in [0.3, 0.4) is 0 Å². The lowest BCUT2D eigenvalue weighted by Crippen LogP contribution is -2.39. The number of carbonyl (C=O) groups excluding carboxylic acids is 1. The molecule has 0 radical (unpaired) electrons. The quantitative estimate of drug-likeness (QED) is 0.495. The third kappa shape index (κ3) is 3.78. The summed E-state index contributed by atoms with van der Waals surface area (Å²) in [5.41, 5.74) is 5.88. The summed E-state index contributed by atoms with van der Waals surface area (Å²) in [6.45, 7) is -0.230. The molecule has 1 atom stereocenters. The maximum absolute atomic E-state index is 12.3. The van der Waals surface area contributed by atoms with Gasteiger partial charge in [-0.25, -0.2) is 9.97 Å². The van der Waals surface area contributed by atoms with Crippen LogP contribution < -0.4 is 16.6 Å². The van der Waals surface area contributed by atoms with Gasteiger partial charge in [0.05, 0.1) is 18.8 Å². The van der Waals surface area contributed by atoms with Crippen LogP contribution in [0.5, 0.6) is 0 Å². The summed E-state index contributed by atoms with van der Waals surface area (Å²) in [5.74, 6) is -0.633. The predicted molar refractivity (Wildman–Crippen MR) is 90.9 cm³/mol. The number of rotatable bonds is 5. The number of nitrogens with zero attached hydrogens (tertiary/aromatic N) is 3. The first-order valence-electron chi connectivity index (χ1n) is 7.55. The number of hydrogen-bond donors (Lipinski definition) is 4. The smallest absolute Gasteiger partial charge is 0.280 e. The largest absolute Gasteiger partial charge is 0.394 e. The fraction of sp³-hybridized carbons (Fsp3) is 0.188. The number of hydrogen-bond acceptors (Lipinski definition) is 7. The van der Waals surface area contributed by atoms with Crippen molar-refractivity contribution >= 4 is 23.0 Å². The lowest BCUT2D eigenvalue weighted by atomic mass is 10.1. The van der Waals surface area contributed by atoms with Crippen LogP contribution in [0, 0.1) is 0 Å². The van der Waals surface area contributed by atoms with Gasteiger partial charge in [0.15, 0.2) is 11.2 Å². The lowest BCUT2D eigenvalue weighted by molar-refractivity contribution is 0.0911. The molecule has 0 aliphatic heterocycles. The number of H-pyrrole nitrogens is 1. The topological polar surface area (TPSA) is 147 Å². The van der Waals surface area contributed by atoms with Gasteiger partial charge in [0, 0.05) is 0 Å². The molecule has 0 saturated carbocycles. The number of amides is 1. The highest BCUT2D eigenvalue weighted by Gasteiger charge is 2.16. The van der Waals surface area contributed by atoms with Crippen molar-refractivity contribution in [2.45, 2.75) is 12.5 Å². The Kier molecular flexibility index (Phi) is 4.66. The van der Waals surface area contributed by atoms with Crippen LogP contribution >= 0.6 is 0 Å². The minimum atomic E-state index is -0.528. The van der Waals surface area contributed by atoms with Gasteiger partial charge in [0.25, 0.3) is 11.5 Å². The molecule has 5 N–H and O–H groups in total. The highest BCUT2D eigenvalue weighted by Crippen LogP contribution is 2.06. The van der Waals surface area contributed by atoms with Crippen LogP contribution in [0.4, 0.5) is 5.95 Å². The van der Waals surface area contributed by atoms with Crippen molar-refractivity contribution in [1.82, 2.24) is 25.3 Å². The first kappa shape index (κ1) is 16.5. The Labute approximate surface area is 142 Å². The number of anilines is 1. The van der Waals surface area contributed by atoms with E-state index in [0.29, 0.717) is 6.42 Å². The Bertz CT molecular complexity index is 957. The highest BCUT2D eigenvalue weighted by molar-refractivity contribution is 5.93. The second kappa shape index (κ2) is 7.05. The molecule has 0 aliphatic rings. The molecule has 0 saturated heterocycles. The average molecular weight is 340 g/mol. The summed E-state index contributed by atoms with van der Waals surface area (Å²) in [4.78, 5) is 38.2. The van der Waals surface area contributed by atoms with Crippen molar-refractivity contribution in [3.63, 3.8) is 0 Å². The van der Waals surface area contributed by atoms with Crippen molar-refractivity contribution < 1.29 is 9.90 Å². The van der Waals surface area contributed by atoms with Crippen LogP contribution in [-0.4, -0.2) is 43.6 Å². The minimum absolute atomic E-state index is 0.00579. The zero-order valence-corrected chi connectivity index (χ0v) is 13.1. The molecule has 2 heterocycles. The second-order valence-corrected chi connectivity index (χ2v) is 5.42. The van der Waals surface area contributed by atoms with E-state index in [1.54, 1.807) is 0 Å². The van der Waals surface area contributed by atoms with Crippen molar-refractivity contribution in [1.29, 1.82) is 0 Å². The van der Waals surface area contributed by atoms with E-state index in [0.717, 1.165) is 5.56 Å². The molecule has 0 aliphatic carbocycles. The van der Waals surface area contributed by atoms with Crippen LogP contribution in [-0.2, 0) is 6.42 Å². The zero-order chi connectivity index (χ0) is 17.8. The summed E-state index contributed by atoms with van der Waals surface area (Å²) in [7, 11) is 0. The Morgan fingerprint density at radius 1 is 1.28 bits per heavy atom. The summed E-state index contributed by atoms with van der Waals surface area (Å²) in [6.07, 6.45) is 1.65. The number of nitrogens with two attached hydrogens (primary N) is 1. The van der Waals surface area contributed by atoms with E-state index in [1.807, 2.05) is 30.3 Å². The number of aliphatic hydroxyl groups excluding tert-OH is 1. The number of carbonyl (C=O) groups is 1. The highest BCUT2D eigenvalue weighted by atomic mass is 16.3. The number of benzene rings is 1. The Balaban J connectivity index is 1.80. The minimum Gasteiger partial charge on any atom is -0.394 e. The Morgan fingerprint density at radius 2 is 2.04 bits per heavy atom.